The van der Waals surface area contributed by atoms with Gasteiger partial charge in [0.05, 0.1) is 11.5 Å². The van der Waals surface area contributed by atoms with E-state index in [0.717, 1.165) is 5.82 Å². The van der Waals surface area contributed by atoms with Crippen LogP contribution in [0, 0.1) is 17.2 Å². The molecule has 7 heteroatoms. The Morgan fingerprint density at radius 1 is 1.19 bits per heavy atom. The number of anilines is 1. The molecule has 0 radical (unpaired) electrons. The highest BCUT2D eigenvalue weighted by atomic mass is 35.5. The van der Waals surface area contributed by atoms with Gasteiger partial charge in [0.1, 0.15) is 11.9 Å². The molecule has 1 aliphatic heterocycles. The molecule has 3 rings (SSSR count). The van der Waals surface area contributed by atoms with Gasteiger partial charge in [-0.05, 0) is 49.2 Å². The lowest BCUT2D eigenvalue weighted by Gasteiger charge is -2.31. The molecule has 1 saturated heterocycles. The molecule has 2 aromatic rings. The van der Waals surface area contributed by atoms with Crippen molar-refractivity contribution in [3.8, 4) is 6.07 Å². The Hall–Kier alpha value is -2.91. The maximum atomic E-state index is 12.2. The van der Waals surface area contributed by atoms with Gasteiger partial charge in [0.2, 0.25) is 0 Å². The van der Waals surface area contributed by atoms with Crippen molar-refractivity contribution in [2.75, 3.05) is 24.6 Å². The van der Waals surface area contributed by atoms with Crippen molar-refractivity contribution in [2.24, 2.45) is 5.92 Å². The Balaban J connectivity index is 1.47. The molecule has 138 valence electrons. The van der Waals surface area contributed by atoms with Crippen LogP contribution in [-0.2, 0) is 9.53 Å². The smallest absolute Gasteiger partial charge is 0.309 e. The van der Waals surface area contributed by atoms with Crippen LogP contribution >= 0.6 is 11.6 Å². The fourth-order valence-corrected chi connectivity index (χ4v) is 3.08. The summed E-state index contributed by atoms with van der Waals surface area (Å²) in [4.78, 5) is 30.7. The van der Waals surface area contributed by atoms with E-state index in [-0.39, 0.29) is 24.3 Å². The fraction of sp³-hybridized carbons (Fsp3) is 0.300. The van der Waals surface area contributed by atoms with Crippen LogP contribution in [0.2, 0.25) is 5.02 Å². The number of aromatic nitrogens is 1. The Morgan fingerprint density at radius 3 is 2.48 bits per heavy atom. The number of carbonyl (C=O) groups excluding carboxylic acids is 2. The van der Waals surface area contributed by atoms with E-state index in [1.54, 1.807) is 30.3 Å². The molecule has 0 amide bonds. The van der Waals surface area contributed by atoms with Gasteiger partial charge in [-0.25, -0.2) is 4.98 Å². The summed E-state index contributed by atoms with van der Waals surface area (Å²) < 4.78 is 5.21. The molecule has 1 aromatic carbocycles. The molecule has 1 fully saturated rings. The topological polar surface area (TPSA) is 83.3 Å². The van der Waals surface area contributed by atoms with Crippen LogP contribution < -0.4 is 4.90 Å². The first-order chi connectivity index (χ1) is 13.1. The zero-order valence-electron chi connectivity index (χ0n) is 14.6. The number of esters is 1. The zero-order valence-corrected chi connectivity index (χ0v) is 15.4. The van der Waals surface area contributed by atoms with Gasteiger partial charge in [-0.2, -0.15) is 5.26 Å². The quantitative estimate of drug-likeness (QED) is 0.582. The molecule has 0 aliphatic carbocycles. The lowest BCUT2D eigenvalue weighted by Crippen LogP contribution is -2.37. The van der Waals surface area contributed by atoms with Gasteiger partial charge in [-0.3, -0.25) is 9.59 Å². The van der Waals surface area contributed by atoms with Crippen molar-refractivity contribution < 1.29 is 14.3 Å². The third-order valence-electron chi connectivity index (χ3n) is 4.54. The first-order valence-electron chi connectivity index (χ1n) is 8.63. The van der Waals surface area contributed by atoms with E-state index in [1.807, 2.05) is 12.1 Å². The first-order valence-corrected chi connectivity index (χ1v) is 9.01. The van der Waals surface area contributed by atoms with Crippen LogP contribution in [0.15, 0.2) is 42.6 Å². The molecule has 6 nitrogen and oxygen atoms in total. The number of halogens is 1. The molecule has 27 heavy (non-hydrogen) atoms. The minimum atomic E-state index is -0.343. The minimum absolute atomic E-state index is 0.224. The normalized spacial score (nSPS) is 14.4. The number of benzene rings is 1. The molecule has 0 bridgehead atoms. The first kappa shape index (κ1) is 18.9. The van der Waals surface area contributed by atoms with Crippen molar-refractivity contribution in [1.29, 1.82) is 5.26 Å². The summed E-state index contributed by atoms with van der Waals surface area (Å²) in [7, 11) is 0. The van der Waals surface area contributed by atoms with E-state index in [4.69, 9.17) is 21.6 Å². The Bertz CT molecular complexity index is 852. The Kier molecular flexibility index (Phi) is 6.05. The fourth-order valence-electron chi connectivity index (χ4n) is 2.96. The standard InChI is InChI=1S/C20H18ClN3O3/c21-17-4-2-15(3-5-17)18(25)13-27-20(26)16-7-9-24(10-8-16)19-6-1-14(11-22)12-23-19/h1-6,12,16H,7-10,13H2. The van der Waals surface area contributed by atoms with Gasteiger partial charge in [0, 0.05) is 29.9 Å². The number of ether oxygens (including phenoxy) is 1. The van der Waals surface area contributed by atoms with Crippen LogP contribution in [0.5, 0.6) is 0 Å². The second-order valence-corrected chi connectivity index (χ2v) is 6.75. The predicted molar refractivity (Wildman–Crippen MR) is 101 cm³/mol. The van der Waals surface area contributed by atoms with E-state index in [1.165, 1.54) is 6.20 Å². The zero-order chi connectivity index (χ0) is 19.2. The molecular weight excluding hydrogens is 366 g/mol. The maximum absolute atomic E-state index is 12.2. The third kappa shape index (κ3) is 4.83. The summed E-state index contributed by atoms with van der Waals surface area (Å²) in [5.74, 6) is -0.0274. The van der Waals surface area contributed by atoms with Gasteiger partial charge in [-0.1, -0.05) is 11.6 Å². The van der Waals surface area contributed by atoms with Crippen molar-refractivity contribution in [1.82, 2.24) is 4.98 Å². The van der Waals surface area contributed by atoms with Crippen LogP contribution in [0.25, 0.3) is 0 Å². The van der Waals surface area contributed by atoms with E-state index in [2.05, 4.69) is 9.88 Å². The molecular formula is C20H18ClN3O3. The number of rotatable bonds is 5. The molecule has 0 atom stereocenters. The van der Waals surface area contributed by atoms with Crippen molar-refractivity contribution in [3.05, 3.63) is 58.7 Å². The van der Waals surface area contributed by atoms with Crippen LogP contribution in [0.1, 0.15) is 28.8 Å². The lowest BCUT2D eigenvalue weighted by molar-refractivity contribution is -0.148. The summed E-state index contributed by atoms with van der Waals surface area (Å²) in [5.41, 5.74) is 0.983. The summed E-state index contributed by atoms with van der Waals surface area (Å²) in [6.07, 6.45) is 2.81. The second-order valence-electron chi connectivity index (χ2n) is 6.32. The average molecular weight is 384 g/mol. The molecule has 0 unspecified atom stereocenters. The number of Topliss-reactive ketones (excluding diaryl/α,β-unsaturated/α-hetero) is 1. The summed E-state index contributed by atoms with van der Waals surface area (Å²) in [5, 5.41) is 9.37. The highest BCUT2D eigenvalue weighted by Gasteiger charge is 2.27. The van der Waals surface area contributed by atoms with E-state index >= 15 is 0 Å². The number of hydrogen-bond donors (Lipinski definition) is 0. The number of piperidine rings is 1. The maximum Gasteiger partial charge on any atom is 0.309 e. The predicted octanol–water partition coefficient (Wildman–Crippen LogP) is 3.25. The van der Waals surface area contributed by atoms with Crippen molar-refractivity contribution in [3.63, 3.8) is 0 Å². The van der Waals surface area contributed by atoms with Gasteiger partial charge >= 0.3 is 5.97 Å². The number of pyridine rings is 1. The Labute approximate surface area is 162 Å². The molecule has 0 spiro atoms. The number of nitrogens with zero attached hydrogens (tertiary/aromatic N) is 3. The lowest BCUT2D eigenvalue weighted by atomic mass is 9.97. The second kappa shape index (κ2) is 8.65. The molecule has 1 aliphatic rings. The molecule has 0 saturated carbocycles. The third-order valence-corrected chi connectivity index (χ3v) is 4.79. The van der Waals surface area contributed by atoms with Crippen LogP contribution in [-0.4, -0.2) is 36.4 Å². The minimum Gasteiger partial charge on any atom is -0.457 e. The van der Waals surface area contributed by atoms with E-state index < -0.39 is 0 Å². The van der Waals surface area contributed by atoms with E-state index in [9.17, 15) is 9.59 Å². The van der Waals surface area contributed by atoms with Crippen molar-refractivity contribution in [2.45, 2.75) is 12.8 Å². The van der Waals surface area contributed by atoms with Gasteiger partial charge < -0.3 is 9.64 Å². The van der Waals surface area contributed by atoms with Gasteiger partial charge in [0.25, 0.3) is 0 Å². The Morgan fingerprint density at radius 2 is 1.89 bits per heavy atom. The van der Waals surface area contributed by atoms with Gasteiger partial charge in [0.15, 0.2) is 12.4 Å². The monoisotopic (exact) mass is 383 g/mol. The number of nitriles is 1. The number of carbonyl (C=O) groups is 2. The highest BCUT2D eigenvalue weighted by molar-refractivity contribution is 6.30. The molecule has 1 aromatic heterocycles. The number of hydrogen-bond acceptors (Lipinski definition) is 6. The molecule has 2 heterocycles. The molecule has 0 N–H and O–H groups in total. The van der Waals surface area contributed by atoms with Gasteiger partial charge in [-0.15, -0.1) is 0 Å². The highest BCUT2D eigenvalue weighted by Crippen LogP contribution is 2.23. The summed E-state index contributed by atoms with van der Waals surface area (Å²) in [6, 6.07) is 12.1. The summed E-state index contributed by atoms with van der Waals surface area (Å²) in [6.45, 7) is 1.07. The number of ketones is 1. The van der Waals surface area contributed by atoms with E-state index in [0.29, 0.717) is 42.1 Å². The average Bonchev–Trinajstić information content (AvgIpc) is 2.72. The largest absolute Gasteiger partial charge is 0.457 e. The van der Waals surface area contributed by atoms with Crippen molar-refractivity contribution >= 4 is 29.2 Å². The summed E-state index contributed by atoms with van der Waals surface area (Å²) >= 11 is 5.80. The SMILES string of the molecule is N#Cc1ccc(N2CCC(C(=O)OCC(=O)c3ccc(Cl)cc3)CC2)nc1. The van der Waals surface area contributed by atoms with Crippen LogP contribution in [0.3, 0.4) is 0 Å². The van der Waals surface area contributed by atoms with Crippen LogP contribution in [0.4, 0.5) is 5.82 Å².